The Morgan fingerprint density at radius 3 is 2.47 bits per heavy atom. The highest BCUT2D eigenvalue weighted by Crippen LogP contribution is 2.24. The number of aromatic hydroxyl groups is 1. The van der Waals surface area contributed by atoms with Crippen LogP contribution in [0.4, 0.5) is 0 Å². The number of nitrogens with zero attached hydrogens (tertiary/aromatic N) is 2. The third kappa shape index (κ3) is 1.85. The van der Waals surface area contributed by atoms with Gasteiger partial charge in [-0.2, -0.15) is 15.4 Å². The molecule has 84 valence electrons. The molecule has 3 aromatic rings. The van der Waals surface area contributed by atoms with Gasteiger partial charge in [0.15, 0.2) is 0 Å². The van der Waals surface area contributed by atoms with Crippen LogP contribution < -0.4 is 0 Å². The van der Waals surface area contributed by atoms with E-state index < -0.39 is 0 Å². The molecule has 0 atom stereocenters. The molecule has 0 fully saturated rings. The number of hydrogen-bond donors (Lipinski definition) is 2. The lowest BCUT2D eigenvalue weighted by atomic mass is 10.0. The number of fused-ring (bicyclic) bond motifs is 1. The van der Waals surface area contributed by atoms with Crippen LogP contribution in [0.2, 0.25) is 0 Å². The quantitative estimate of drug-likeness (QED) is 0.703. The van der Waals surface area contributed by atoms with Crippen molar-refractivity contribution in [2.45, 2.75) is 6.42 Å². The summed E-state index contributed by atoms with van der Waals surface area (Å²) in [5.74, 6) is 0.259. The smallest absolute Gasteiger partial charge is 0.121 e. The summed E-state index contributed by atoms with van der Waals surface area (Å²) in [4.78, 5) is 0. The fraction of sp³-hybridized carbons (Fsp3) is 0.0769. The lowest BCUT2D eigenvalue weighted by molar-refractivity contribution is 0.470. The first-order valence-electron chi connectivity index (χ1n) is 5.39. The second-order valence-electron chi connectivity index (χ2n) is 3.96. The summed E-state index contributed by atoms with van der Waals surface area (Å²) in [6.07, 6.45) is 0.690. The Labute approximate surface area is 97.9 Å². The van der Waals surface area contributed by atoms with Gasteiger partial charge in [0, 0.05) is 18.1 Å². The molecule has 0 spiro atoms. The maximum absolute atomic E-state index is 9.91. The normalized spacial score (nSPS) is 10.8. The Kier molecular flexibility index (Phi) is 2.26. The minimum Gasteiger partial charge on any atom is -0.508 e. The topological polar surface area (TPSA) is 61.8 Å². The first-order chi connectivity index (χ1) is 8.33. The van der Waals surface area contributed by atoms with E-state index in [0.29, 0.717) is 11.9 Å². The molecular weight excluding hydrogens is 214 g/mol. The zero-order valence-corrected chi connectivity index (χ0v) is 9.09. The second-order valence-corrected chi connectivity index (χ2v) is 3.96. The number of aromatic amines is 1. The Bertz CT molecular complexity index is 646. The van der Waals surface area contributed by atoms with Gasteiger partial charge in [0.25, 0.3) is 0 Å². The second kappa shape index (κ2) is 3.90. The lowest BCUT2D eigenvalue weighted by Gasteiger charge is -2.04. The summed E-state index contributed by atoms with van der Waals surface area (Å²) >= 11 is 0. The summed E-state index contributed by atoms with van der Waals surface area (Å²) < 4.78 is 0. The number of hydrogen-bond acceptors (Lipinski definition) is 3. The van der Waals surface area contributed by atoms with Gasteiger partial charge in [0.2, 0.25) is 0 Å². The molecule has 2 N–H and O–H groups in total. The predicted octanol–water partition coefficient (Wildman–Crippen LogP) is 2.25. The highest BCUT2D eigenvalue weighted by Gasteiger charge is 2.07. The van der Waals surface area contributed by atoms with Crippen LogP contribution in [0.3, 0.4) is 0 Å². The molecule has 1 heterocycles. The summed E-state index contributed by atoms with van der Waals surface area (Å²) in [7, 11) is 0. The molecule has 4 nitrogen and oxygen atoms in total. The zero-order chi connectivity index (χ0) is 11.7. The van der Waals surface area contributed by atoms with Gasteiger partial charge in [0.05, 0.1) is 0 Å². The minimum absolute atomic E-state index is 0.259. The van der Waals surface area contributed by atoms with E-state index in [1.165, 1.54) is 0 Å². The van der Waals surface area contributed by atoms with E-state index in [1.54, 1.807) is 6.07 Å². The molecule has 1 aromatic heterocycles. The van der Waals surface area contributed by atoms with Crippen molar-refractivity contribution in [3.8, 4) is 5.75 Å². The van der Waals surface area contributed by atoms with Crippen molar-refractivity contribution in [2.24, 2.45) is 0 Å². The summed E-state index contributed by atoms with van der Waals surface area (Å²) in [5.41, 5.74) is 3.47. The molecular formula is C13H11N3O. The van der Waals surface area contributed by atoms with Gasteiger partial charge in [-0.15, -0.1) is 0 Å². The van der Waals surface area contributed by atoms with E-state index in [0.717, 1.165) is 16.6 Å². The van der Waals surface area contributed by atoms with Gasteiger partial charge in [-0.1, -0.05) is 30.3 Å². The molecule has 0 aliphatic heterocycles. The van der Waals surface area contributed by atoms with Crippen LogP contribution in [-0.2, 0) is 6.42 Å². The SMILES string of the molecule is Oc1cc2n[nH]nc2cc1Cc1ccccc1. The molecule has 17 heavy (non-hydrogen) atoms. The number of H-pyrrole nitrogens is 1. The average Bonchev–Trinajstić information content (AvgIpc) is 2.78. The van der Waals surface area contributed by atoms with Gasteiger partial charge < -0.3 is 5.11 Å². The summed E-state index contributed by atoms with van der Waals surface area (Å²) in [6.45, 7) is 0. The summed E-state index contributed by atoms with van der Waals surface area (Å²) in [5, 5.41) is 20.4. The standard InChI is InChI=1S/C13H11N3O/c17-13-8-12-11(14-16-15-12)7-10(13)6-9-4-2-1-3-5-9/h1-5,7-8,17H,6H2,(H,14,15,16). The van der Waals surface area contributed by atoms with Gasteiger partial charge in [0.1, 0.15) is 16.8 Å². The molecule has 0 aliphatic rings. The third-order valence-electron chi connectivity index (χ3n) is 2.75. The van der Waals surface area contributed by atoms with E-state index in [9.17, 15) is 5.11 Å². The Hall–Kier alpha value is -2.36. The fourth-order valence-corrected chi connectivity index (χ4v) is 1.88. The first-order valence-corrected chi connectivity index (χ1v) is 5.39. The highest BCUT2D eigenvalue weighted by molar-refractivity contribution is 5.76. The van der Waals surface area contributed by atoms with Crippen molar-refractivity contribution in [2.75, 3.05) is 0 Å². The van der Waals surface area contributed by atoms with Crippen molar-refractivity contribution in [3.63, 3.8) is 0 Å². The third-order valence-corrected chi connectivity index (χ3v) is 2.75. The first kappa shape index (κ1) is 9.84. The van der Waals surface area contributed by atoms with E-state index in [4.69, 9.17) is 0 Å². The average molecular weight is 225 g/mol. The minimum atomic E-state index is 0.259. The van der Waals surface area contributed by atoms with Crippen LogP contribution in [0, 0.1) is 0 Å². The molecule has 4 heteroatoms. The van der Waals surface area contributed by atoms with Crippen LogP contribution in [0.25, 0.3) is 11.0 Å². The van der Waals surface area contributed by atoms with Crippen LogP contribution >= 0.6 is 0 Å². The van der Waals surface area contributed by atoms with E-state index in [2.05, 4.69) is 15.4 Å². The van der Waals surface area contributed by atoms with Gasteiger partial charge in [-0.05, 0) is 11.6 Å². The Balaban J connectivity index is 2.02. The van der Waals surface area contributed by atoms with Crippen molar-refractivity contribution in [3.05, 3.63) is 53.6 Å². The molecule has 3 rings (SSSR count). The van der Waals surface area contributed by atoms with E-state index in [1.807, 2.05) is 36.4 Å². The number of phenols is 1. The molecule has 0 saturated carbocycles. The van der Waals surface area contributed by atoms with Crippen molar-refractivity contribution < 1.29 is 5.11 Å². The molecule has 0 saturated heterocycles. The van der Waals surface area contributed by atoms with Crippen LogP contribution in [0.5, 0.6) is 5.75 Å². The number of phenolic OH excluding ortho intramolecular Hbond substituents is 1. The van der Waals surface area contributed by atoms with Crippen molar-refractivity contribution >= 4 is 11.0 Å². The molecule has 0 amide bonds. The lowest BCUT2D eigenvalue weighted by Crippen LogP contribution is -1.89. The van der Waals surface area contributed by atoms with E-state index in [-0.39, 0.29) is 5.75 Å². The van der Waals surface area contributed by atoms with Crippen molar-refractivity contribution in [1.82, 2.24) is 15.4 Å². The molecule has 0 unspecified atom stereocenters. The predicted molar refractivity (Wildman–Crippen MR) is 64.8 cm³/mol. The summed E-state index contributed by atoms with van der Waals surface area (Å²) in [6, 6.07) is 13.5. The molecule has 2 aromatic carbocycles. The number of rotatable bonds is 2. The molecule has 0 aliphatic carbocycles. The Morgan fingerprint density at radius 1 is 1.00 bits per heavy atom. The number of nitrogens with one attached hydrogen (secondary N) is 1. The fourth-order valence-electron chi connectivity index (χ4n) is 1.88. The van der Waals surface area contributed by atoms with Crippen molar-refractivity contribution in [1.29, 1.82) is 0 Å². The van der Waals surface area contributed by atoms with E-state index >= 15 is 0 Å². The number of aromatic nitrogens is 3. The highest BCUT2D eigenvalue weighted by atomic mass is 16.3. The largest absolute Gasteiger partial charge is 0.508 e. The Morgan fingerprint density at radius 2 is 1.71 bits per heavy atom. The monoisotopic (exact) mass is 225 g/mol. The van der Waals surface area contributed by atoms with Gasteiger partial charge in [-0.3, -0.25) is 0 Å². The van der Waals surface area contributed by atoms with Crippen LogP contribution in [-0.4, -0.2) is 20.5 Å². The van der Waals surface area contributed by atoms with Gasteiger partial charge in [-0.25, -0.2) is 0 Å². The number of benzene rings is 2. The van der Waals surface area contributed by atoms with Crippen LogP contribution in [0.1, 0.15) is 11.1 Å². The molecule has 0 bridgehead atoms. The molecule has 0 radical (unpaired) electrons. The van der Waals surface area contributed by atoms with Crippen LogP contribution in [0.15, 0.2) is 42.5 Å². The zero-order valence-electron chi connectivity index (χ0n) is 9.09. The maximum Gasteiger partial charge on any atom is 0.121 e. The maximum atomic E-state index is 9.91. The van der Waals surface area contributed by atoms with Gasteiger partial charge >= 0.3 is 0 Å².